The van der Waals surface area contributed by atoms with E-state index in [0.29, 0.717) is 18.6 Å². The van der Waals surface area contributed by atoms with Gasteiger partial charge in [-0.3, -0.25) is 19.7 Å². The minimum atomic E-state index is -3.95. The van der Waals surface area contributed by atoms with Crippen molar-refractivity contribution < 1.29 is 27.7 Å². The Morgan fingerprint density at radius 2 is 1.97 bits per heavy atom. The first-order valence-electron chi connectivity index (χ1n) is 9.31. The summed E-state index contributed by atoms with van der Waals surface area (Å²) in [6.07, 6.45) is 0.985. The first kappa shape index (κ1) is 22.2. The summed E-state index contributed by atoms with van der Waals surface area (Å²) in [4.78, 5) is 33.1. The predicted octanol–water partition coefficient (Wildman–Crippen LogP) is 0.953. The molecule has 0 saturated heterocycles. The fraction of sp³-hybridized carbons (Fsp3) is 0.263. The minimum absolute atomic E-state index is 0.00652. The first-order chi connectivity index (χ1) is 14.7. The maximum atomic E-state index is 12.2. The number of anilines is 1. The molecule has 3 N–H and O–H groups in total. The smallest absolute Gasteiger partial charge is 0.270 e. The van der Waals surface area contributed by atoms with E-state index in [1.165, 1.54) is 18.2 Å². The van der Waals surface area contributed by atoms with E-state index in [0.717, 1.165) is 17.3 Å². The largest absolute Gasteiger partial charge is 0.484 e. The Labute approximate surface area is 178 Å². The van der Waals surface area contributed by atoms with Crippen molar-refractivity contribution in [2.45, 2.75) is 17.7 Å². The zero-order chi connectivity index (χ0) is 22.4. The lowest BCUT2D eigenvalue weighted by Crippen LogP contribution is -2.36. The van der Waals surface area contributed by atoms with Crippen molar-refractivity contribution in [3.8, 4) is 5.75 Å². The van der Waals surface area contributed by atoms with Gasteiger partial charge in [0, 0.05) is 37.3 Å². The third-order valence-electron chi connectivity index (χ3n) is 4.42. The summed E-state index contributed by atoms with van der Waals surface area (Å²) in [7, 11) is -3.95. The molecule has 1 aliphatic rings. The number of hydrogen-bond acceptors (Lipinski definition) is 7. The number of non-ortho nitro benzene ring substituents is 1. The molecule has 31 heavy (non-hydrogen) atoms. The number of carbonyl (C=O) groups excluding carboxylic acids is 2. The molecule has 12 heteroatoms. The molecular weight excluding hydrogens is 428 g/mol. The van der Waals surface area contributed by atoms with Crippen LogP contribution in [0.15, 0.2) is 47.4 Å². The van der Waals surface area contributed by atoms with E-state index in [2.05, 4.69) is 15.4 Å². The van der Waals surface area contributed by atoms with Crippen molar-refractivity contribution in [2.75, 3.05) is 25.0 Å². The average Bonchev–Trinajstić information content (AvgIpc) is 2.75. The van der Waals surface area contributed by atoms with Gasteiger partial charge in [-0.15, -0.1) is 0 Å². The minimum Gasteiger partial charge on any atom is -0.484 e. The van der Waals surface area contributed by atoms with Gasteiger partial charge in [0.25, 0.3) is 11.6 Å². The number of fused-ring (bicyclic) bond motifs is 1. The Bertz CT molecular complexity index is 1120. The average molecular weight is 448 g/mol. The Morgan fingerprint density at radius 1 is 1.16 bits per heavy atom. The van der Waals surface area contributed by atoms with Crippen LogP contribution in [0.5, 0.6) is 5.75 Å². The maximum Gasteiger partial charge on any atom is 0.270 e. The van der Waals surface area contributed by atoms with E-state index in [1.807, 2.05) is 0 Å². The number of nitro groups is 1. The second-order valence-corrected chi connectivity index (χ2v) is 8.42. The Kier molecular flexibility index (Phi) is 6.82. The highest BCUT2D eigenvalue weighted by Gasteiger charge is 2.18. The summed E-state index contributed by atoms with van der Waals surface area (Å²) in [5, 5.41) is 16.1. The highest BCUT2D eigenvalue weighted by atomic mass is 32.2. The van der Waals surface area contributed by atoms with Gasteiger partial charge in [0.2, 0.25) is 15.9 Å². The van der Waals surface area contributed by atoms with Crippen molar-refractivity contribution in [1.82, 2.24) is 10.0 Å². The van der Waals surface area contributed by atoms with Crippen LogP contribution in [0.2, 0.25) is 0 Å². The van der Waals surface area contributed by atoms with Crippen LogP contribution in [0.4, 0.5) is 11.4 Å². The number of nitrogens with one attached hydrogen (secondary N) is 3. The fourth-order valence-corrected chi connectivity index (χ4v) is 3.96. The number of ether oxygens (including phenoxy) is 1. The van der Waals surface area contributed by atoms with Gasteiger partial charge in [-0.1, -0.05) is 6.07 Å². The second kappa shape index (κ2) is 9.53. The van der Waals surface area contributed by atoms with Crippen LogP contribution in [0.1, 0.15) is 12.0 Å². The van der Waals surface area contributed by atoms with E-state index in [9.17, 15) is 28.1 Å². The van der Waals surface area contributed by atoms with Gasteiger partial charge in [0.1, 0.15) is 5.75 Å². The molecule has 0 fully saturated rings. The van der Waals surface area contributed by atoms with Gasteiger partial charge >= 0.3 is 0 Å². The number of nitrogens with zero attached hydrogens (tertiary/aromatic N) is 1. The van der Waals surface area contributed by atoms with E-state index in [4.69, 9.17) is 4.74 Å². The SMILES string of the molecule is O=C(COc1ccc2c(c1)CCC(=O)N2)NCCNS(=O)(=O)c1cccc([N+](=O)[O-])c1. The summed E-state index contributed by atoms with van der Waals surface area (Å²) in [6.45, 7) is -0.356. The molecule has 164 valence electrons. The number of benzene rings is 2. The van der Waals surface area contributed by atoms with Gasteiger partial charge in [-0.2, -0.15) is 0 Å². The molecule has 0 aliphatic carbocycles. The molecule has 2 aromatic rings. The molecule has 0 spiro atoms. The van der Waals surface area contributed by atoms with Crippen molar-refractivity contribution in [3.63, 3.8) is 0 Å². The zero-order valence-corrected chi connectivity index (χ0v) is 17.1. The summed E-state index contributed by atoms with van der Waals surface area (Å²) < 4.78 is 32.1. The molecule has 0 bridgehead atoms. The monoisotopic (exact) mass is 448 g/mol. The molecular formula is C19H20N4O7S. The van der Waals surface area contributed by atoms with E-state index < -0.39 is 20.9 Å². The Morgan fingerprint density at radius 3 is 2.74 bits per heavy atom. The van der Waals surface area contributed by atoms with Gasteiger partial charge < -0.3 is 15.4 Å². The van der Waals surface area contributed by atoms with E-state index in [-0.39, 0.29) is 36.2 Å². The lowest BCUT2D eigenvalue weighted by molar-refractivity contribution is -0.385. The second-order valence-electron chi connectivity index (χ2n) is 6.66. The topological polar surface area (TPSA) is 157 Å². The van der Waals surface area contributed by atoms with E-state index >= 15 is 0 Å². The van der Waals surface area contributed by atoms with Crippen LogP contribution in [-0.2, 0) is 26.0 Å². The molecule has 0 atom stereocenters. The highest BCUT2D eigenvalue weighted by Crippen LogP contribution is 2.26. The molecule has 11 nitrogen and oxygen atoms in total. The van der Waals surface area contributed by atoms with Gasteiger partial charge in [-0.05, 0) is 36.2 Å². The molecule has 2 aromatic carbocycles. The number of carbonyl (C=O) groups is 2. The van der Waals surface area contributed by atoms with Crippen molar-refractivity contribution in [1.29, 1.82) is 0 Å². The quantitative estimate of drug-likeness (QED) is 0.293. The molecule has 0 unspecified atom stereocenters. The number of aryl methyl sites for hydroxylation is 1. The van der Waals surface area contributed by atoms with Crippen LogP contribution in [0, 0.1) is 10.1 Å². The highest BCUT2D eigenvalue weighted by molar-refractivity contribution is 7.89. The summed E-state index contributed by atoms with van der Waals surface area (Å²) >= 11 is 0. The molecule has 1 heterocycles. The third kappa shape index (κ3) is 5.99. The molecule has 2 amide bonds. The summed E-state index contributed by atoms with van der Waals surface area (Å²) in [5.41, 5.74) is 1.31. The number of rotatable bonds is 9. The summed E-state index contributed by atoms with van der Waals surface area (Å²) in [5.74, 6) is -0.00125. The number of amides is 2. The van der Waals surface area contributed by atoms with Crippen molar-refractivity contribution in [3.05, 3.63) is 58.1 Å². The third-order valence-corrected chi connectivity index (χ3v) is 5.88. The first-order valence-corrected chi connectivity index (χ1v) is 10.8. The Balaban J connectivity index is 1.43. The van der Waals surface area contributed by atoms with Crippen LogP contribution >= 0.6 is 0 Å². The van der Waals surface area contributed by atoms with Gasteiger partial charge in [-0.25, -0.2) is 13.1 Å². The summed E-state index contributed by atoms with van der Waals surface area (Å²) in [6, 6.07) is 9.78. The predicted molar refractivity (Wildman–Crippen MR) is 110 cm³/mol. The number of hydrogen-bond donors (Lipinski definition) is 3. The van der Waals surface area contributed by atoms with Crippen LogP contribution in [-0.4, -0.2) is 44.9 Å². The maximum absolute atomic E-state index is 12.2. The fourth-order valence-electron chi connectivity index (χ4n) is 2.88. The number of sulfonamides is 1. The van der Waals surface area contributed by atoms with Crippen LogP contribution < -0.4 is 20.1 Å². The molecule has 0 saturated carbocycles. The zero-order valence-electron chi connectivity index (χ0n) is 16.3. The molecule has 1 aliphatic heterocycles. The normalized spacial score (nSPS) is 13.1. The molecule has 0 aromatic heterocycles. The Hall–Kier alpha value is -3.51. The number of nitro benzene ring substituents is 1. The molecule has 0 radical (unpaired) electrons. The lowest BCUT2D eigenvalue weighted by atomic mass is 10.0. The van der Waals surface area contributed by atoms with Crippen molar-refractivity contribution >= 4 is 33.2 Å². The van der Waals surface area contributed by atoms with Gasteiger partial charge in [0.05, 0.1) is 9.82 Å². The van der Waals surface area contributed by atoms with Crippen LogP contribution in [0.3, 0.4) is 0 Å². The van der Waals surface area contributed by atoms with Gasteiger partial charge in [0.15, 0.2) is 6.61 Å². The molecule has 3 rings (SSSR count). The lowest BCUT2D eigenvalue weighted by Gasteiger charge is -2.17. The standard InChI is InChI=1S/C19H20N4O7S/c24-18-7-4-13-10-15(5-6-17(13)22-18)30-12-19(25)20-8-9-21-31(28,29)16-3-1-2-14(11-16)23(26)27/h1-3,5-6,10-11,21H,4,7-9,12H2,(H,20,25)(H,22,24). The van der Waals surface area contributed by atoms with E-state index in [1.54, 1.807) is 18.2 Å². The van der Waals surface area contributed by atoms with Crippen molar-refractivity contribution in [2.24, 2.45) is 0 Å². The van der Waals surface area contributed by atoms with Crippen LogP contribution in [0.25, 0.3) is 0 Å².